The number of fused-ring (bicyclic) bond motifs is 1. The van der Waals surface area contributed by atoms with Gasteiger partial charge in [0.05, 0.1) is 0 Å². The molecular formula is C12H24BN3O3. The lowest BCUT2D eigenvalue weighted by Crippen LogP contribution is -2.55. The predicted octanol–water partition coefficient (Wildman–Crippen LogP) is -0.934. The van der Waals surface area contributed by atoms with Gasteiger partial charge in [0, 0.05) is 38.1 Å². The number of hydrogen-bond donors (Lipinski definition) is 4. The van der Waals surface area contributed by atoms with E-state index in [0.717, 1.165) is 32.5 Å². The summed E-state index contributed by atoms with van der Waals surface area (Å²) < 4.78 is 0. The third-order valence-electron chi connectivity index (χ3n) is 4.52. The summed E-state index contributed by atoms with van der Waals surface area (Å²) in [5.74, 6) is -0.944. The fraction of sp³-hybridized carbons (Fsp3) is 0.917. The summed E-state index contributed by atoms with van der Waals surface area (Å²) in [4.78, 5) is 13.8. The van der Waals surface area contributed by atoms with Gasteiger partial charge in [-0.25, -0.2) is 0 Å². The van der Waals surface area contributed by atoms with Gasteiger partial charge in [-0.2, -0.15) is 0 Å². The molecule has 0 aromatic carbocycles. The van der Waals surface area contributed by atoms with Gasteiger partial charge in [0.25, 0.3) is 6.92 Å². The van der Waals surface area contributed by atoms with Crippen LogP contribution in [0, 0.1) is 5.92 Å². The number of carbonyl (C=O) groups is 1. The Morgan fingerprint density at radius 3 is 3.00 bits per heavy atom. The molecule has 0 bridgehead atoms. The Morgan fingerprint density at radius 2 is 2.37 bits per heavy atom. The SMILES string of the molecule is CB(O)CCCC1C2CNCCN2CC1(N)C(=O)O. The first-order valence-corrected chi connectivity index (χ1v) is 7.10. The van der Waals surface area contributed by atoms with Crippen LogP contribution in [0.5, 0.6) is 0 Å². The van der Waals surface area contributed by atoms with Gasteiger partial charge in [-0.05, 0) is 12.7 Å². The molecule has 7 heteroatoms. The van der Waals surface area contributed by atoms with Crippen molar-refractivity contribution in [2.24, 2.45) is 11.7 Å². The highest BCUT2D eigenvalue weighted by Crippen LogP contribution is 2.36. The molecule has 2 fully saturated rings. The van der Waals surface area contributed by atoms with E-state index in [0.29, 0.717) is 12.9 Å². The second-order valence-corrected chi connectivity index (χ2v) is 5.97. The number of rotatable bonds is 5. The second-order valence-electron chi connectivity index (χ2n) is 5.97. The molecule has 108 valence electrons. The van der Waals surface area contributed by atoms with Gasteiger partial charge >= 0.3 is 5.97 Å². The summed E-state index contributed by atoms with van der Waals surface area (Å²) in [6, 6.07) is 0.212. The standard InChI is InChI=1S/C12H24BN3O3/c1-13(19)4-2-3-9-10-7-15-5-6-16(10)8-12(9,14)11(17)18/h9-10,15,19H,2-8,14H2,1H3,(H,17,18). The zero-order chi connectivity index (χ0) is 14.0. The maximum absolute atomic E-state index is 11.6. The molecule has 5 N–H and O–H groups in total. The summed E-state index contributed by atoms with van der Waals surface area (Å²) in [7, 11) is 0. The van der Waals surface area contributed by atoms with Crippen molar-refractivity contribution < 1.29 is 14.9 Å². The molecule has 0 aromatic rings. The Hall–Kier alpha value is -0.625. The third-order valence-corrected chi connectivity index (χ3v) is 4.52. The average molecular weight is 269 g/mol. The average Bonchev–Trinajstić information content (AvgIpc) is 2.63. The smallest absolute Gasteiger partial charge is 0.325 e. The number of carboxylic acids is 1. The number of aliphatic carboxylic acids is 1. The maximum Gasteiger partial charge on any atom is 0.325 e. The summed E-state index contributed by atoms with van der Waals surface area (Å²) >= 11 is 0. The van der Waals surface area contributed by atoms with Gasteiger partial charge < -0.3 is 21.2 Å². The highest BCUT2D eigenvalue weighted by atomic mass is 16.4. The van der Waals surface area contributed by atoms with Gasteiger partial charge in [0.1, 0.15) is 5.54 Å². The maximum atomic E-state index is 11.6. The van der Waals surface area contributed by atoms with Crippen molar-refractivity contribution in [3.63, 3.8) is 0 Å². The minimum atomic E-state index is -1.14. The van der Waals surface area contributed by atoms with Crippen molar-refractivity contribution >= 4 is 12.9 Å². The number of nitrogens with zero attached hydrogens (tertiary/aromatic N) is 1. The molecule has 0 amide bonds. The number of carboxylic acid groups (broad SMARTS) is 1. The zero-order valence-electron chi connectivity index (χ0n) is 11.5. The first-order chi connectivity index (χ1) is 8.95. The van der Waals surface area contributed by atoms with E-state index in [1.807, 2.05) is 0 Å². The lowest BCUT2D eigenvalue weighted by molar-refractivity contribution is -0.144. The number of piperazine rings is 1. The molecule has 0 spiro atoms. The van der Waals surface area contributed by atoms with Crippen molar-refractivity contribution in [3.8, 4) is 0 Å². The molecule has 0 aromatic heterocycles. The van der Waals surface area contributed by atoms with Crippen LogP contribution in [0.2, 0.25) is 13.1 Å². The predicted molar refractivity (Wildman–Crippen MR) is 74.2 cm³/mol. The topological polar surface area (TPSA) is 98.8 Å². The molecule has 19 heavy (non-hydrogen) atoms. The van der Waals surface area contributed by atoms with Crippen LogP contribution in [-0.4, -0.2) is 65.7 Å². The van der Waals surface area contributed by atoms with E-state index in [-0.39, 0.29) is 18.9 Å². The second kappa shape index (κ2) is 5.79. The summed E-state index contributed by atoms with van der Waals surface area (Å²) in [6.07, 6.45) is 2.28. The van der Waals surface area contributed by atoms with Crippen molar-refractivity contribution in [2.75, 3.05) is 26.2 Å². The van der Waals surface area contributed by atoms with Gasteiger partial charge in [-0.1, -0.05) is 13.2 Å². The molecule has 6 nitrogen and oxygen atoms in total. The van der Waals surface area contributed by atoms with Crippen LogP contribution in [0.4, 0.5) is 0 Å². The summed E-state index contributed by atoms with van der Waals surface area (Å²) in [6.45, 7) is 4.44. The van der Waals surface area contributed by atoms with E-state index in [1.165, 1.54) is 0 Å². The Kier molecular flexibility index (Phi) is 4.50. The van der Waals surface area contributed by atoms with Gasteiger partial charge in [-0.15, -0.1) is 0 Å². The van der Waals surface area contributed by atoms with Crippen molar-refractivity contribution in [3.05, 3.63) is 0 Å². The molecule has 2 aliphatic heterocycles. The van der Waals surface area contributed by atoms with Crippen molar-refractivity contribution in [1.82, 2.24) is 10.2 Å². The van der Waals surface area contributed by atoms with Crippen LogP contribution in [-0.2, 0) is 4.79 Å². The van der Waals surface area contributed by atoms with E-state index in [9.17, 15) is 14.9 Å². The first kappa shape index (κ1) is 14.8. The van der Waals surface area contributed by atoms with E-state index < -0.39 is 11.5 Å². The molecule has 0 aliphatic carbocycles. The highest BCUT2D eigenvalue weighted by Gasteiger charge is 2.54. The molecular weight excluding hydrogens is 245 g/mol. The summed E-state index contributed by atoms with van der Waals surface area (Å²) in [5, 5.41) is 22.1. The minimum Gasteiger partial charge on any atom is -0.480 e. The quantitative estimate of drug-likeness (QED) is 0.481. The van der Waals surface area contributed by atoms with Gasteiger partial charge in [0.2, 0.25) is 0 Å². The zero-order valence-corrected chi connectivity index (χ0v) is 11.5. The molecule has 2 saturated heterocycles. The van der Waals surface area contributed by atoms with E-state index in [2.05, 4.69) is 10.2 Å². The third kappa shape index (κ3) is 2.94. The molecule has 3 unspecified atom stereocenters. The minimum absolute atomic E-state index is 0.0449. The van der Waals surface area contributed by atoms with Crippen LogP contribution in [0.1, 0.15) is 12.8 Å². The number of hydrogen-bond acceptors (Lipinski definition) is 5. The molecule has 2 aliphatic rings. The van der Waals surface area contributed by atoms with Gasteiger partial charge in [0.15, 0.2) is 0 Å². The van der Waals surface area contributed by atoms with E-state index in [1.54, 1.807) is 6.82 Å². The molecule has 3 atom stereocenters. The largest absolute Gasteiger partial charge is 0.480 e. The van der Waals surface area contributed by atoms with Gasteiger partial charge in [-0.3, -0.25) is 9.69 Å². The summed E-state index contributed by atoms with van der Waals surface area (Å²) in [5.41, 5.74) is 5.05. The Morgan fingerprint density at radius 1 is 1.63 bits per heavy atom. The normalized spacial score (nSPS) is 35.1. The Bertz CT molecular complexity index is 342. The monoisotopic (exact) mass is 269 g/mol. The van der Waals surface area contributed by atoms with Crippen LogP contribution in [0.3, 0.4) is 0 Å². The Balaban J connectivity index is 2.07. The van der Waals surface area contributed by atoms with Crippen LogP contribution in [0.15, 0.2) is 0 Å². The molecule has 0 saturated carbocycles. The van der Waals surface area contributed by atoms with Crippen molar-refractivity contribution in [1.29, 1.82) is 0 Å². The molecule has 2 rings (SSSR count). The number of nitrogens with one attached hydrogen (secondary N) is 1. The fourth-order valence-corrected chi connectivity index (χ4v) is 3.47. The van der Waals surface area contributed by atoms with Crippen molar-refractivity contribution in [2.45, 2.75) is 37.6 Å². The van der Waals surface area contributed by atoms with Crippen LogP contribution >= 0.6 is 0 Å². The van der Waals surface area contributed by atoms with E-state index in [4.69, 9.17) is 5.73 Å². The van der Waals surface area contributed by atoms with Crippen LogP contribution < -0.4 is 11.1 Å². The van der Waals surface area contributed by atoms with Crippen LogP contribution in [0.25, 0.3) is 0 Å². The molecule has 0 radical (unpaired) electrons. The highest BCUT2D eigenvalue weighted by molar-refractivity contribution is 6.48. The fourth-order valence-electron chi connectivity index (χ4n) is 3.47. The van der Waals surface area contributed by atoms with E-state index >= 15 is 0 Å². The molecule has 2 heterocycles. The first-order valence-electron chi connectivity index (χ1n) is 7.10. The number of nitrogens with two attached hydrogens (primary N) is 1. The lowest BCUT2D eigenvalue weighted by Gasteiger charge is -2.33. The Labute approximate surface area is 114 Å². The lowest BCUT2D eigenvalue weighted by atomic mass is 9.66.